The number of aryl methyl sites for hydroxylation is 1. The van der Waals surface area contributed by atoms with Crippen LogP contribution in [0.15, 0.2) is 24.3 Å². The minimum absolute atomic E-state index is 0.717. The molecule has 1 saturated heterocycles. The van der Waals surface area contributed by atoms with Crippen LogP contribution in [0, 0.1) is 12.8 Å². The van der Waals surface area contributed by atoms with Gasteiger partial charge >= 0.3 is 0 Å². The van der Waals surface area contributed by atoms with Crippen molar-refractivity contribution in [3.05, 3.63) is 35.4 Å². The molecule has 0 radical (unpaired) electrons. The fourth-order valence-electron chi connectivity index (χ4n) is 2.28. The summed E-state index contributed by atoms with van der Waals surface area (Å²) >= 11 is 0. The first-order valence-electron chi connectivity index (χ1n) is 5.76. The molecule has 2 rings (SSSR count). The van der Waals surface area contributed by atoms with Crippen LogP contribution >= 0.6 is 0 Å². The Hall–Kier alpha value is -0.860. The van der Waals surface area contributed by atoms with E-state index in [1.807, 2.05) is 0 Å². The third-order valence-corrected chi connectivity index (χ3v) is 3.36. The summed E-state index contributed by atoms with van der Waals surface area (Å²) in [6, 6.07) is 8.64. The summed E-state index contributed by atoms with van der Waals surface area (Å²) in [4.78, 5) is 2.51. The zero-order chi connectivity index (χ0) is 10.7. The molecule has 1 heterocycles. The molecule has 2 nitrogen and oxygen atoms in total. The van der Waals surface area contributed by atoms with E-state index in [4.69, 9.17) is 5.73 Å². The van der Waals surface area contributed by atoms with Crippen molar-refractivity contribution >= 4 is 0 Å². The molecule has 15 heavy (non-hydrogen) atoms. The van der Waals surface area contributed by atoms with E-state index < -0.39 is 0 Å². The van der Waals surface area contributed by atoms with Gasteiger partial charge in [-0.05, 0) is 43.5 Å². The van der Waals surface area contributed by atoms with Crippen molar-refractivity contribution in [3.63, 3.8) is 0 Å². The van der Waals surface area contributed by atoms with Gasteiger partial charge in [-0.2, -0.15) is 0 Å². The highest BCUT2D eigenvalue weighted by atomic mass is 15.1. The number of rotatable bonds is 3. The first-order chi connectivity index (χ1) is 7.29. The zero-order valence-electron chi connectivity index (χ0n) is 9.45. The molecule has 2 heteroatoms. The summed E-state index contributed by atoms with van der Waals surface area (Å²) in [6.07, 6.45) is 1.27. The van der Waals surface area contributed by atoms with E-state index >= 15 is 0 Å². The molecule has 1 aliphatic heterocycles. The highest BCUT2D eigenvalue weighted by Crippen LogP contribution is 2.18. The molecule has 1 atom stereocenters. The first-order valence-corrected chi connectivity index (χ1v) is 5.76. The normalized spacial score (nSPS) is 22.1. The van der Waals surface area contributed by atoms with Crippen LogP contribution < -0.4 is 5.73 Å². The Bertz CT molecular complexity index is 322. The van der Waals surface area contributed by atoms with Crippen molar-refractivity contribution in [1.29, 1.82) is 0 Å². The summed E-state index contributed by atoms with van der Waals surface area (Å²) in [5.41, 5.74) is 8.54. The van der Waals surface area contributed by atoms with Crippen LogP contribution in [0.2, 0.25) is 0 Å². The van der Waals surface area contributed by atoms with Crippen molar-refractivity contribution in [2.45, 2.75) is 19.9 Å². The zero-order valence-corrected chi connectivity index (χ0v) is 9.45. The lowest BCUT2D eigenvalue weighted by atomic mass is 10.1. The number of benzene rings is 1. The predicted octanol–water partition coefficient (Wildman–Crippen LogP) is 1.78. The standard InChI is InChI=1S/C13H20N2/c1-11-4-2-3-5-13(11)10-15-7-6-12(8-14)9-15/h2-5,12H,6-10,14H2,1H3/t12-/m1/s1. The smallest absolute Gasteiger partial charge is 0.0236 e. The van der Waals surface area contributed by atoms with Crippen molar-refractivity contribution in [3.8, 4) is 0 Å². The monoisotopic (exact) mass is 204 g/mol. The van der Waals surface area contributed by atoms with Crippen LogP contribution in [-0.4, -0.2) is 24.5 Å². The van der Waals surface area contributed by atoms with Gasteiger partial charge < -0.3 is 5.73 Å². The van der Waals surface area contributed by atoms with E-state index in [1.54, 1.807) is 0 Å². The van der Waals surface area contributed by atoms with Gasteiger partial charge in [0.1, 0.15) is 0 Å². The molecule has 0 spiro atoms. The van der Waals surface area contributed by atoms with Crippen LogP contribution in [0.1, 0.15) is 17.5 Å². The van der Waals surface area contributed by atoms with E-state index in [1.165, 1.54) is 30.6 Å². The Labute approximate surface area is 92.1 Å². The van der Waals surface area contributed by atoms with Gasteiger partial charge in [-0.1, -0.05) is 24.3 Å². The summed E-state index contributed by atoms with van der Waals surface area (Å²) in [5, 5.41) is 0. The summed E-state index contributed by atoms with van der Waals surface area (Å²) in [6.45, 7) is 6.49. The Morgan fingerprint density at radius 3 is 2.87 bits per heavy atom. The van der Waals surface area contributed by atoms with Crippen LogP contribution in [0.4, 0.5) is 0 Å². The molecule has 82 valence electrons. The van der Waals surface area contributed by atoms with Gasteiger partial charge in [0.05, 0.1) is 0 Å². The van der Waals surface area contributed by atoms with E-state index in [2.05, 4.69) is 36.1 Å². The molecule has 0 bridgehead atoms. The van der Waals surface area contributed by atoms with Gasteiger partial charge in [-0.15, -0.1) is 0 Å². The average Bonchev–Trinajstić information content (AvgIpc) is 2.69. The van der Waals surface area contributed by atoms with Crippen LogP contribution in [0.5, 0.6) is 0 Å². The van der Waals surface area contributed by atoms with Gasteiger partial charge in [0.25, 0.3) is 0 Å². The Morgan fingerprint density at radius 1 is 1.40 bits per heavy atom. The van der Waals surface area contributed by atoms with E-state index in [-0.39, 0.29) is 0 Å². The van der Waals surface area contributed by atoms with Gasteiger partial charge in [-0.25, -0.2) is 0 Å². The summed E-state index contributed by atoms with van der Waals surface area (Å²) < 4.78 is 0. The highest BCUT2D eigenvalue weighted by Gasteiger charge is 2.21. The second kappa shape index (κ2) is 4.77. The molecule has 1 fully saturated rings. The predicted molar refractivity (Wildman–Crippen MR) is 63.6 cm³/mol. The van der Waals surface area contributed by atoms with E-state index in [9.17, 15) is 0 Å². The van der Waals surface area contributed by atoms with Crippen molar-refractivity contribution in [2.75, 3.05) is 19.6 Å². The number of nitrogens with two attached hydrogens (primary N) is 1. The third kappa shape index (κ3) is 2.58. The quantitative estimate of drug-likeness (QED) is 0.813. The lowest BCUT2D eigenvalue weighted by molar-refractivity contribution is 0.317. The van der Waals surface area contributed by atoms with Gasteiger partial charge in [-0.3, -0.25) is 4.90 Å². The molecule has 0 unspecified atom stereocenters. The Kier molecular flexibility index (Phi) is 3.39. The molecule has 2 N–H and O–H groups in total. The fourth-order valence-corrected chi connectivity index (χ4v) is 2.28. The second-order valence-electron chi connectivity index (χ2n) is 4.55. The number of likely N-dealkylation sites (tertiary alicyclic amines) is 1. The number of nitrogens with zero attached hydrogens (tertiary/aromatic N) is 1. The number of hydrogen-bond acceptors (Lipinski definition) is 2. The lowest BCUT2D eigenvalue weighted by Crippen LogP contribution is -2.23. The largest absolute Gasteiger partial charge is 0.330 e. The second-order valence-corrected chi connectivity index (χ2v) is 4.55. The van der Waals surface area contributed by atoms with Crippen molar-refractivity contribution in [1.82, 2.24) is 4.90 Å². The van der Waals surface area contributed by atoms with Crippen LogP contribution in [0.25, 0.3) is 0 Å². The van der Waals surface area contributed by atoms with Crippen molar-refractivity contribution < 1.29 is 0 Å². The first kappa shape index (κ1) is 10.7. The summed E-state index contributed by atoms with van der Waals surface area (Å²) in [5.74, 6) is 0.717. The molecular formula is C13H20N2. The molecule has 0 amide bonds. The SMILES string of the molecule is Cc1ccccc1CN1CC[C@H](CN)C1. The molecular weight excluding hydrogens is 184 g/mol. The molecule has 0 aliphatic carbocycles. The van der Waals surface area contributed by atoms with Gasteiger partial charge in [0.2, 0.25) is 0 Å². The third-order valence-electron chi connectivity index (χ3n) is 3.36. The fraction of sp³-hybridized carbons (Fsp3) is 0.538. The lowest BCUT2D eigenvalue weighted by Gasteiger charge is -2.17. The van der Waals surface area contributed by atoms with E-state index in [0.717, 1.165) is 13.1 Å². The maximum atomic E-state index is 5.69. The average molecular weight is 204 g/mol. The minimum Gasteiger partial charge on any atom is -0.330 e. The summed E-state index contributed by atoms with van der Waals surface area (Å²) in [7, 11) is 0. The van der Waals surface area contributed by atoms with E-state index in [0.29, 0.717) is 5.92 Å². The highest BCUT2D eigenvalue weighted by molar-refractivity contribution is 5.25. The minimum atomic E-state index is 0.717. The Morgan fingerprint density at radius 2 is 2.20 bits per heavy atom. The Balaban J connectivity index is 1.96. The topological polar surface area (TPSA) is 29.3 Å². The van der Waals surface area contributed by atoms with Gasteiger partial charge in [0.15, 0.2) is 0 Å². The molecule has 1 aromatic carbocycles. The van der Waals surface area contributed by atoms with Gasteiger partial charge in [0, 0.05) is 13.1 Å². The maximum absolute atomic E-state index is 5.69. The van der Waals surface area contributed by atoms with Crippen LogP contribution in [0.3, 0.4) is 0 Å². The molecule has 1 aromatic rings. The van der Waals surface area contributed by atoms with Crippen LogP contribution in [-0.2, 0) is 6.54 Å². The van der Waals surface area contributed by atoms with Crippen molar-refractivity contribution in [2.24, 2.45) is 11.7 Å². The molecule has 0 aromatic heterocycles. The molecule has 0 saturated carbocycles. The molecule has 1 aliphatic rings. The maximum Gasteiger partial charge on any atom is 0.0236 e. The number of hydrogen-bond donors (Lipinski definition) is 1.